The van der Waals surface area contributed by atoms with Crippen LogP contribution in [0.15, 0.2) is 18.2 Å². The lowest BCUT2D eigenvalue weighted by Gasteiger charge is -2.26. The van der Waals surface area contributed by atoms with Crippen LogP contribution in [0.5, 0.6) is 0 Å². The summed E-state index contributed by atoms with van der Waals surface area (Å²) in [7, 11) is 3.58. The first kappa shape index (κ1) is 20.1. The van der Waals surface area contributed by atoms with E-state index in [1.165, 1.54) is 6.07 Å². The molecule has 8 heteroatoms. The summed E-state index contributed by atoms with van der Waals surface area (Å²) < 4.78 is 38.8. The molecule has 2 amide bonds. The Hall–Kier alpha value is -1.96. The smallest absolute Gasteiger partial charge is 0.380 e. The molecule has 0 bridgehead atoms. The van der Waals surface area contributed by atoms with Crippen LogP contribution in [0.3, 0.4) is 0 Å². The lowest BCUT2D eigenvalue weighted by molar-refractivity contribution is -0.137. The molecule has 136 valence electrons. The predicted molar refractivity (Wildman–Crippen MR) is 88.7 cm³/mol. The molecule has 0 fully saturated rings. The number of nitrogens with two attached hydrogens (primary N) is 1. The van der Waals surface area contributed by atoms with Crippen LogP contribution in [0.4, 0.5) is 23.7 Å². The minimum atomic E-state index is -4.38. The van der Waals surface area contributed by atoms with Gasteiger partial charge >= 0.3 is 12.2 Å². The number of alkyl halides is 3. The molecule has 0 radical (unpaired) electrons. The number of nitrogens with one attached hydrogen (secondary N) is 2. The van der Waals surface area contributed by atoms with Crippen LogP contribution in [0.2, 0.25) is 0 Å². The zero-order valence-corrected chi connectivity index (χ0v) is 14.4. The van der Waals surface area contributed by atoms with Crippen molar-refractivity contribution in [2.45, 2.75) is 32.6 Å². The van der Waals surface area contributed by atoms with Gasteiger partial charge in [0.15, 0.2) is 0 Å². The molecule has 0 spiro atoms. The predicted octanol–water partition coefficient (Wildman–Crippen LogP) is 2.87. The normalized spacial score (nSPS) is 13.2. The molecule has 0 aliphatic heterocycles. The molecule has 0 aliphatic carbocycles. The van der Waals surface area contributed by atoms with Gasteiger partial charge in [0.05, 0.1) is 5.56 Å². The van der Waals surface area contributed by atoms with E-state index in [4.69, 9.17) is 5.73 Å². The maximum absolute atomic E-state index is 12.9. The average molecular weight is 346 g/mol. The van der Waals surface area contributed by atoms with Crippen molar-refractivity contribution in [1.82, 2.24) is 10.2 Å². The van der Waals surface area contributed by atoms with Gasteiger partial charge in [-0.25, -0.2) is 4.79 Å². The van der Waals surface area contributed by atoms with Crippen LogP contribution in [-0.4, -0.2) is 37.6 Å². The van der Waals surface area contributed by atoms with Crippen molar-refractivity contribution in [3.8, 4) is 0 Å². The van der Waals surface area contributed by atoms with Crippen LogP contribution >= 0.6 is 0 Å². The minimum absolute atomic E-state index is 0.145. The van der Waals surface area contributed by atoms with Crippen LogP contribution in [-0.2, 0) is 12.7 Å². The number of hydrogen-bond acceptors (Lipinski definition) is 3. The molecule has 0 unspecified atom stereocenters. The highest BCUT2D eigenvalue weighted by molar-refractivity contribution is 5.71. The Morgan fingerprint density at radius 2 is 1.92 bits per heavy atom. The molecular formula is C16H25F3N4O. The molecule has 1 atom stereocenters. The second-order valence-corrected chi connectivity index (χ2v) is 6.35. The van der Waals surface area contributed by atoms with Gasteiger partial charge in [0.2, 0.25) is 0 Å². The second-order valence-electron chi connectivity index (χ2n) is 6.35. The summed E-state index contributed by atoms with van der Waals surface area (Å²) in [6.07, 6.45) is -4.38. The summed E-state index contributed by atoms with van der Waals surface area (Å²) in [5.41, 5.74) is 5.56. The SMILES string of the molecule is CC(C)[C@H](CNC(N)=O)Nc1ccc(C(F)(F)F)cc1CN(C)C. The van der Waals surface area contributed by atoms with Gasteiger partial charge in [-0.3, -0.25) is 0 Å². The molecular weight excluding hydrogens is 321 g/mol. The average Bonchev–Trinajstić information content (AvgIpc) is 2.42. The van der Waals surface area contributed by atoms with Gasteiger partial charge in [0.1, 0.15) is 0 Å². The van der Waals surface area contributed by atoms with E-state index in [0.717, 1.165) is 12.1 Å². The first-order valence-corrected chi connectivity index (χ1v) is 7.65. The molecule has 1 rings (SSSR count). The highest BCUT2D eigenvalue weighted by Crippen LogP contribution is 2.32. The third kappa shape index (κ3) is 6.27. The summed E-state index contributed by atoms with van der Waals surface area (Å²) in [4.78, 5) is 12.7. The van der Waals surface area contributed by atoms with E-state index < -0.39 is 17.8 Å². The molecule has 0 aliphatic rings. The highest BCUT2D eigenvalue weighted by Gasteiger charge is 2.31. The molecule has 4 N–H and O–H groups in total. The van der Waals surface area contributed by atoms with E-state index in [2.05, 4.69) is 10.6 Å². The van der Waals surface area contributed by atoms with Crippen LogP contribution < -0.4 is 16.4 Å². The maximum Gasteiger partial charge on any atom is 0.416 e. The number of benzene rings is 1. The van der Waals surface area contributed by atoms with Gasteiger partial charge < -0.3 is 21.3 Å². The third-order valence-corrected chi connectivity index (χ3v) is 3.56. The molecule has 5 nitrogen and oxygen atoms in total. The zero-order chi connectivity index (χ0) is 18.5. The molecule has 0 saturated carbocycles. The highest BCUT2D eigenvalue weighted by atomic mass is 19.4. The Bertz CT molecular complexity index is 559. The summed E-state index contributed by atoms with van der Waals surface area (Å²) in [6.45, 7) is 4.56. The van der Waals surface area contributed by atoms with Gasteiger partial charge in [-0.15, -0.1) is 0 Å². The number of rotatable bonds is 7. The third-order valence-electron chi connectivity index (χ3n) is 3.56. The van der Waals surface area contributed by atoms with Gasteiger partial charge in [-0.2, -0.15) is 13.2 Å². The van der Waals surface area contributed by atoms with Crippen molar-refractivity contribution in [1.29, 1.82) is 0 Å². The van der Waals surface area contributed by atoms with Crippen molar-refractivity contribution in [2.24, 2.45) is 11.7 Å². The van der Waals surface area contributed by atoms with Crippen LogP contribution in [0, 0.1) is 5.92 Å². The summed E-state index contributed by atoms with van der Waals surface area (Å²) in [6, 6.07) is 2.85. The number of primary amides is 1. The van der Waals surface area contributed by atoms with Crippen LogP contribution in [0.25, 0.3) is 0 Å². The van der Waals surface area contributed by atoms with E-state index in [9.17, 15) is 18.0 Å². The Labute approximate surface area is 140 Å². The Balaban J connectivity index is 3.08. The van der Waals surface area contributed by atoms with E-state index in [0.29, 0.717) is 17.8 Å². The maximum atomic E-state index is 12.9. The van der Waals surface area contributed by atoms with E-state index in [1.54, 1.807) is 19.0 Å². The number of hydrogen-bond donors (Lipinski definition) is 3. The fraction of sp³-hybridized carbons (Fsp3) is 0.562. The molecule has 0 heterocycles. The van der Waals surface area contributed by atoms with Gasteiger partial charge in [0.25, 0.3) is 0 Å². The van der Waals surface area contributed by atoms with Gasteiger partial charge in [-0.1, -0.05) is 13.8 Å². The standard InChI is InChI=1S/C16H25F3N4O/c1-10(2)14(8-21-15(20)24)22-13-6-5-12(16(17,18)19)7-11(13)9-23(3)4/h5-7,10,14,22H,8-9H2,1-4H3,(H3,20,21,24)/t14-/m0/s1. The Kier molecular flexibility index (Phi) is 6.89. The minimum Gasteiger partial charge on any atom is -0.380 e. The van der Waals surface area contributed by atoms with E-state index >= 15 is 0 Å². The Morgan fingerprint density at radius 3 is 2.38 bits per heavy atom. The quantitative estimate of drug-likeness (QED) is 0.711. The first-order chi connectivity index (χ1) is 11.0. The number of carbonyl (C=O) groups excluding carboxylic acids is 1. The number of anilines is 1. The molecule has 1 aromatic carbocycles. The fourth-order valence-electron chi connectivity index (χ4n) is 2.25. The van der Waals surface area contributed by atoms with Gasteiger partial charge in [-0.05, 0) is 43.8 Å². The first-order valence-electron chi connectivity index (χ1n) is 7.65. The van der Waals surface area contributed by atoms with Crippen molar-refractivity contribution >= 4 is 11.7 Å². The second kappa shape index (κ2) is 8.23. The van der Waals surface area contributed by atoms with Crippen molar-refractivity contribution in [3.05, 3.63) is 29.3 Å². The Morgan fingerprint density at radius 1 is 1.29 bits per heavy atom. The monoisotopic (exact) mass is 346 g/mol. The summed E-state index contributed by atoms with van der Waals surface area (Å²) >= 11 is 0. The number of carbonyl (C=O) groups is 1. The van der Waals surface area contributed by atoms with Crippen molar-refractivity contribution < 1.29 is 18.0 Å². The number of urea groups is 1. The topological polar surface area (TPSA) is 70.4 Å². The molecule has 1 aromatic rings. The van der Waals surface area contributed by atoms with Crippen LogP contribution in [0.1, 0.15) is 25.0 Å². The largest absolute Gasteiger partial charge is 0.416 e. The zero-order valence-electron chi connectivity index (χ0n) is 14.4. The summed E-state index contributed by atoms with van der Waals surface area (Å²) in [5.74, 6) is 0.145. The van der Waals surface area contributed by atoms with Crippen molar-refractivity contribution in [2.75, 3.05) is 26.0 Å². The summed E-state index contributed by atoms with van der Waals surface area (Å²) in [5, 5.41) is 5.75. The fourth-order valence-corrected chi connectivity index (χ4v) is 2.25. The van der Waals surface area contributed by atoms with Crippen molar-refractivity contribution in [3.63, 3.8) is 0 Å². The lowest BCUT2D eigenvalue weighted by Crippen LogP contribution is -2.42. The van der Waals surface area contributed by atoms with E-state index in [1.807, 2.05) is 13.8 Å². The number of nitrogens with zero attached hydrogens (tertiary/aromatic N) is 1. The van der Waals surface area contributed by atoms with Gasteiger partial charge in [0, 0.05) is 24.8 Å². The number of amides is 2. The van der Waals surface area contributed by atoms with E-state index in [-0.39, 0.29) is 18.5 Å². The molecule has 0 saturated heterocycles. The number of halogens is 3. The lowest BCUT2D eigenvalue weighted by atomic mass is 10.0. The molecule has 24 heavy (non-hydrogen) atoms. The molecule has 0 aromatic heterocycles.